The molecular formula is C15H20N4O5S. The highest BCUT2D eigenvalue weighted by atomic mass is 32.1. The number of hydrazine groups is 1. The van der Waals surface area contributed by atoms with Crippen LogP contribution in [0.2, 0.25) is 0 Å². The standard InChI is InChI=1S/C15H20N4O5S/c1-22-11-6-5-10(13(17-11)24-3)14(21)18-7-4-8-19(18)15(25)16-9-12(20)23-2/h5-6H,4,7-9H2,1-3H3,(H,16,25). The fourth-order valence-electron chi connectivity index (χ4n) is 2.34. The van der Waals surface area contributed by atoms with Crippen molar-refractivity contribution in [1.82, 2.24) is 20.3 Å². The molecule has 0 bridgehead atoms. The molecule has 10 heteroatoms. The van der Waals surface area contributed by atoms with Crippen molar-refractivity contribution in [1.29, 1.82) is 0 Å². The van der Waals surface area contributed by atoms with Gasteiger partial charge in [0.1, 0.15) is 12.1 Å². The van der Waals surface area contributed by atoms with Gasteiger partial charge in [-0.1, -0.05) is 0 Å². The van der Waals surface area contributed by atoms with Crippen molar-refractivity contribution in [2.75, 3.05) is 41.0 Å². The number of hydrogen-bond donors (Lipinski definition) is 1. The molecule has 0 saturated carbocycles. The summed E-state index contributed by atoms with van der Waals surface area (Å²) in [6.45, 7) is 0.986. The maximum absolute atomic E-state index is 12.9. The van der Waals surface area contributed by atoms with Gasteiger partial charge in [0, 0.05) is 19.2 Å². The smallest absolute Gasteiger partial charge is 0.325 e. The van der Waals surface area contributed by atoms with E-state index in [0.29, 0.717) is 24.5 Å². The van der Waals surface area contributed by atoms with Crippen molar-refractivity contribution in [3.63, 3.8) is 0 Å². The molecule has 25 heavy (non-hydrogen) atoms. The number of carbonyl (C=O) groups excluding carboxylic acids is 2. The van der Waals surface area contributed by atoms with Gasteiger partial charge in [-0.25, -0.2) is 5.01 Å². The Morgan fingerprint density at radius 2 is 1.92 bits per heavy atom. The Kier molecular flexibility index (Phi) is 6.34. The van der Waals surface area contributed by atoms with Crippen LogP contribution in [0.4, 0.5) is 0 Å². The lowest BCUT2D eigenvalue weighted by Gasteiger charge is -2.30. The van der Waals surface area contributed by atoms with Crippen molar-refractivity contribution < 1.29 is 23.8 Å². The number of nitrogens with one attached hydrogen (secondary N) is 1. The van der Waals surface area contributed by atoms with Crippen LogP contribution in [-0.2, 0) is 9.53 Å². The normalized spacial score (nSPS) is 13.4. The molecule has 0 aromatic carbocycles. The number of esters is 1. The van der Waals surface area contributed by atoms with Crippen LogP contribution in [-0.4, -0.2) is 73.0 Å². The Balaban J connectivity index is 2.15. The van der Waals surface area contributed by atoms with E-state index in [0.717, 1.165) is 6.42 Å². The average Bonchev–Trinajstić information content (AvgIpc) is 3.14. The number of pyridine rings is 1. The molecule has 1 aromatic heterocycles. The van der Waals surface area contributed by atoms with Crippen LogP contribution in [0.25, 0.3) is 0 Å². The van der Waals surface area contributed by atoms with Gasteiger partial charge in [-0.3, -0.25) is 14.6 Å². The SMILES string of the molecule is COC(=O)CNC(=S)N1CCCN1C(=O)c1ccc(OC)nc1OC. The lowest BCUT2D eigenvalue weighted by molar-refractivity contribution is -0.139. The highest BCUT2D eigenvalue weighted by Gasteiger charge is 2.31. The first-order valence-electron chi connectivity index (χ1n) is 7.54. The van der Waals surface area contributed by atoms with Gasteiger partial charge in [-0.2, -0.15) is 4.98 Å². The van der Waals surface area contributed by atoms with Crippen molar-refractivity contribution >= 4 is 29.2 Å². The van der Waals surface area contributed by atoms with Gasteiger partial charge in [0.15, 0.2) is 5.11 Å². The van der Waals surface area contributed by atoms with Crippen molar-refractivity contribution in [3.8, 4) is 11.8 Å². The number of amides is 1. The van der Waals surface area contributed by atoms with Crippen molar-refractivity contribution in [3.05, 3.63) is 17.7 Å². The largest absolute Gasteiger partial charge is 0.481 e. The molecule has 1 amide bonds. The molecular weight excluding hydrogens is 348 g/mol. The number of thiocarbonyl (C=S) groups is 1. The minimum absolute atomic E-state index is 0.0682. The molecule has 9 nitrogen and oxygen atoms in total. The Morgan fingerprint density at radius 3 is 2.56 bits per heavy atom. The van der Waals surface area contributed by atoms with E-state index < -0.39 is 5.97 Å². The van der Waals surface area contributed by atoms with Crippen molar-refractivity contribution in [2.24, 2.45) is 0 Å². The Hall–Kier alpha value is -2.62. The molecule has 0 atom stereocenters. The van der Waals surface area contributed by atoms with E-state index in [-0.39, 0.29) is 23.4 Å². The number of hydrogen-bond acceptors (Lipinski definition) is 7. The molecule has 1 aliphatic rings. The minimum Gasteiger partial charge on any atom is -0.481 e. The molecule has 1 aliphatic heterocycles. The molecule has 0 radical (unpaired) electrons. The Morgan fingerprint density at radius 1 is 1.20 bits per heavy atom. The summed E-state index contributed by atoms with van der Waals surface area (Å²) in [5.41, 5.74) is 0.297. The molecule has 0 spiro atoms. The quantitative estimate of drug-likeness (QED) is 0.578. The summed E-state index contributed by atoms with van der Waals surface area (Å²) in [4.78, 5) is 28.2. The predicted octanol–water partition coefficient (Wildman–Crippen LogP) is 0.209. The monoisotopic (exact) mass is 368 g/mol. The summed E-state index contributed by atoms with van der Waals surface area (Å²) in [6.07, 6.45) is 0.748. The molecule has 0 unspecified atom stereocenters. The van der Waals surface area contributed by atoms with E-state index in [2.05, 4.69) is 15.0 Å². The Labute approximate surface area is 150 Å². The van der Waals surface area contributed by atoms with Gasteiger partial charge in [-0.05, 0) is 24.7 Å². The third kappa shape index (κ3) is 4.27. The van der Waals surface area contributed by atoms with Gasteiger partial charge in [0.2, 0.25) is 11.8 Å². The number of rotatable bonds is 5. The summed E-state index contributed by atoms with van der Waals surface area (Å²) in [5, 5.41) is 6.17. The first-order chi connectivity index (χ1) is 12.0. The van der Waals surface area contributed by atoms with Crippen molar-refractivity contribution in [2.45, 2.75) is 6.42 Å². The highest BCUT2D eigenvalue weighted by Crippen LogP contribution is 2.23. The van der Waals surface area contributed by atoms with E-state index in [4.69, 9.17) is 21.7 Å². The second kappa shape index (κ2) is 8.47. The molecule has 1 aromatic rings. The summed E-state index contributed by atoms with van der Waals surface area (Å²) in [6, 6.07) is 3.18. The molecule has 0 aliphatic carbocycles. The number of ether oxygens (including phenoxy) is 3. The van der Waals surface area contributed by atoms with Crippen LogP contribution in [0.15, 0.2) is 12.1 Å². The minimum atomic E-state index is -0.444. The van der Waals surface area contributed by atoms with E-state index in [1.54, 1.807) is 17.1 Å². The topological polar surface area (TPSA) is 93.2 Å². The molecule has 2 rings (SSSR count). The molecule has 136 valence electrons. The van der Waals surface area contributed by atoms with Crippen LogP contribution in [0.1, 0.15) is 16.8 Å². The number of carbonyl (C=O) groups is 2. The van der Waals surface area contributed by atoms with Crippen LogP contribution in [0, 0.1) is 0 Å². The molecule has 1 fully saturated rings. The molecule has 1 saturated heterocycles. The third-order valence-corrected chi connectivity index (χ3v) is 3.93. The summed E-state index contributed by atoms with van der Waals surface area (Å²) in [5.74, 6) is -0.223. The van der Waals surface area contributed by atoms with E-state index >= 15 is 0 Å². The van der Waals surface area contributed by atoms with Gasteiger partial charge >= 0.3 is 5.97 Å². The zero-order chi connectivity index (χ0) is 18.4. The first kappa shape index (κ1) is 18.7. The van der Waals surface area contributed by atoms with Crippen LogP contribution in [0.5, 0.6) is 11.8 Å². The second-order valence-electron chi connectivity index (χ2n) is 5.05. The number of aromatic nitrogens is 1. The van der Waals surface area contributed by atoms with Crippen LogP contribution < -0.4 is 14.8 Å². The molecule has 2 heterocycles. The zero-order valence-corrected chi connectivity index (χ0v) is 15.1. The van der Waals surface area contributed by atoms with Gasteiger partial charge in [0.05, 0.1) is 21.3 Å². The van der Waals surface area contributed by atoms with E-state index in [1.165, 1.54) is 26.3 Å². The predicted molar refractivity (Wildman–Crippen MR) is 92.3 cm³/mol. The summed E-state index contributed by atoms with van der Waals surface area (Å²) in [7, 11) is 4.21. The maximum atomic E-state index is 12.9. The van der Waals surface area contributed by atoms with Crippen LogP contribution in [0.3, 0.4) is 0 Å². The average molecular weight is 368 g/mol. The van der Waals surface area contributed by atoms with E-state index in [9.17, 15) is 9.59 Å². The lowest BCUT2D eigenvalue weighted by Crippen LogP contribution is -2.50. The first-order valence-corrected chi connectivity index (χ1v) is 7.95. The number of methoxy groups -OCH3 is 3. The van der Waals surface area contributed by atoms with Crippen LogP contribution >= 0.6 is 12.2 Å². The van der Waals surface area contributed by atoms with Gasteiger partial charge < -0.3 is 19.5 Å². The lowest BCUT2D eigenvalue weighted by atomic mass is 10.2. The van der Waals surface area contributed by atoms with E-state index in [1.807, 2.05) is 0 Å². The Bertz CT molecular complexity index is 669. The second-order valence-corrected chi connectivity index (χ2v) is 5.44. The highest BCUT2D eigenvalue weighted by molar-refractivity contribution is 7.80. The third-order valence-electron chi connectivity index (χ3n) is 3.58. The maximum Gasteiger partial charge on any atom is 0.325 e. The zero-order valence-electron chi connectivity index (χ0n) is 14.3. The van der Waals surface area contributed by atoms with Gasteiger partial charge in [0.25, 0.3) is 5.91 Å². The summed E-state index contributed by atoms with van der Waals surface area (Å²) < 4.78 is 14.8. The fourth-order valence-corrected chi connectivity index (χ4v) is 2.60. The fraction of sp³-hybridized carbons (Fsp3) is 0.467. The molecule has 1 N–H and O–H groups in total. The summed E-state index contributed by atoms with van der Waals surface area (Å²) >= 11 is 5.27. The number of nitrogens with zero attached hydrogens (tertiary/aromatic N) is 3. The van der Waals surface area contributed by atoms with Gasteiger partial charge in [-0.15, -0.1) is 0 Å².